The van der Waals surface area contributed by atoms with Crippen LogP contribution in [0, 0.1) is 17.8 Å². The van der Waals surface area contributed by atoms with Gasteiger partial charge in [0.2, 0.25) is 5.91 Å². The minimum absolute atomic E-state index is 0.0337. The largest absolute Gasteiger partial charge is 0.496 e. The van der Waals surface area contributed by atoms with E-state index < -0.39 is 12.0 Å². The number of ether oxygens (including phenoxy) is 3. The van der Waals surface area contributed by atoms with Crippen LogP contribution in [0.4, 0.5) is 0 Å². The predicted molar refractivity (Wildman–Crippen MR) is 143 cm³/mol. The van der Waals surface area contributed by atoms with Crippen LogP contribution in [0.3, 0.4) is 0 Å². The summed E-state index contributed by atoms with van der Waals surface area (Å²) in [6.45, 7) is 8.22. The van der Waals surface area contributed by atoms with Gasteiger partial charge in [0.05, 0.1) is 38.6 Å². The van der Waals surface area contributed by atoms with Crippen molar-refractivity contribution in [3.8, 4) is 22.8 Å². The Morgan fingerprint density at radius 1 is 1.11 bits per heavy atom. The Morgan fingerprint density at radius 2 is 1.76 bits per heavy atom. The van der Waals surface area contributed by atoms with Crippen LogP contribution in [0.25, 0.3) is 11.3 Å². The summed E-state index contributed by atoms with van der Waals surface area (Å²) in [7, 11) is 4.46. The number of carbonyl (C=O) groups excluding carboxylic acids is 3. The van der Waals surface area contributed by atoms with Gasteiger partial charge in [0.25, 0.3) is 5.91 Å². The number of amides is 2. The summed E-state index contributed by atoms with van der Waals surface area (Å²) >= 11 is 0. The molecule has 4 atom stereocenters. The molecule has 10 heteroatoms. The number of benzene rings is 1. The highest BCUT2D eigenvalue weighted by Crippen LogP contribution is 2.47. The molecule has 2 N–H and O–H groups in total. The van der Waals surface area contributed by atoms with Crippen molar-refractivity contribution in [1.82, 2.24) is 20.4 Å². The Balaban J connectivity index is 1.91. The van der Waals surface area contributed by atoms with Gasteiger partial charge in [-0.15, -0.1) is 0 Å². The number of methoxy groups -OCH3 is 3. The lowest BCUT2D eigenvalue weighted by Gasteiger charge is -2.41. The van der Waals surface area contributed by atoms with Gasteiger partial charge in [-0.05, 0) is 48.8 Å². The van der Waals surface area contributed by atoms with E-state index in [9.17, 15) is 14.4 Å². The maximum atomic E-state index is 13.5. The summed E-state index contributed by atoms with van der Waals surface area (Å²) in [5, 5.41) is 10.3. The predicted octanol–water partition coefficient (Wildman–Crippen LogP) is 3.61. The molecule has 0 spiro atoms. The Kier molecular flexibility index (Phi) is 9.77. The number of aromatic nitrogens is 2. The SMILES string of the molecule is COC(=O)CNC(=O)C[C@H](CC(C)C)NC(=O)c1cc(-c2c(OC)cccc2OC)n(C2CC(C)C2C)n1. The molecule has 208 valence electrons. The molecule has 2 aromatic rings. The summed E-state index contributed by atoms with van der Waals surface area (Å²) in [6, 6.07) is 7.02. The molecular weight excluding hydrogens is 488 g/mol. The lowest BCUT2D eigenvalue weighted by Crippen LogP contribution is -2.41. The minimum Gasteiger partial charge on any atom is -0.496 e. The second-order valence-electron chi connectivity index (χ2n) is 10.4. The van der Waals surface area contributed by atoms with Crippen LogP contribution in [0.5, 0.6) is 11.5 Å². The summed E-state index contributed by atoms with van der Waals surface area (Å²) in [5.41, 5.74) is 1.73. The molecule has 0 bridgehead atoms. The summed E-state index contributed by atoms with van der Waals surface area (Å²) in [5.74, 6) is 1.17. The Hall–Kier alpha value is -3.56. The maximum absolute atomic E-state index is 13.5. The molecule has 0 radical (unpaired) electrons. The Bertz CT molecular complexity index is 1120. The van der Waals surface area contributed by atoms with Crippen molar-refractivity contribution in [2.45, 2.75) is 59.0 Å². The zero-order chi connectivity index (χ0) is 28.0. The van der Waals surface area contributed by atoms with Gasteiger partial charge in [-0.3, -0.25) is 19.1 Å². The fourth-order valence-corrected chi connectivity index (χ4v) is 4.93. The van der Waals surface area contributed by atoms with Gasteiger partial charge in [-0.1, -0.05) is 33.8 Å². The number of carbonyl (C=O) groups is 3. The molecule has 0 aliphatic heterocycles. The standard InChI is InChI=1S/C28H40N4O6/c1-16(2)11-19(13-25(33)29-15-26(34)38-7)30-28(35)20-14-22(32(31-20)21-12-17(3)18(21)4)27-23(36-5)9-8-10-24(27)37-6/h8-10,14,16-19,21H,11-13,15H2,1-7H3,(H,29,33)(H,30,35)/t17?,18?,19-,21?/m0/s1. The highest BCUT2D eigenvalue weighted by atomic mass is 16.5. The fraction of sp³-hybridized carbons (Fsp3) is 0.571. The molecule has 1 heterocycles. The van der Waals surface area contributed by atoms with E-state index in [2.05, 4.69) is 29.2 Å². The molecule has 10 nitrogen and oxygen atoms in total. The van der Waals surface area contributed by atoms with Crippen molar-refractivity contribution in [1.29, 1.82) is 0 Å². The van der Waals surface area contributed by atoms with Gasteiger partial charge in [0.1, 0.15) is 18.0 Å². The molecule has 1 aromatic heterocycles. The highest BCUT2D eigenvalue weighted by Gasteiger charge is 2.39. The highest BCUT2D eigenvalue weighted by molar-refractivity contribution is 5.94. The first-order valence-corrected chi connectivity index (χ1v) is 13.0. The molecule has 1 aliphatic carbocycles. The first-order valence-electron chi connectivity index (χ1n) is 13.0. The Morgan fingerprint density at radius 3 is 2.29 bits per heavy atom. The van der Waals surface area contributed by atoms with Gasteiger partial charge in [-0.2, -0.15) is 5.10 Å². The minimum atomic E-state index is -0.535. The monoisotopic (exact) mass is 528 g/mol. The van der Waals surface area contributed by atoms with E-state index in [1.165, 1.54) is 7.11 Å². The summed E-state index contributed by atoms with van der Waals surface area (Å²) in [6.07, 6.45) is 1.57. The van der Waals surface area contributed by atoms with Crippen molar-refractivity contribution in [3.05, 3.63) is 30.0 Å². The lowest BCUT2D eigenvalue weighted by molar-refractivity contribution is -0.141. The van der Waals surface area contributed by atoms with Crippen LogP contribution >= 0.6 is 0 Å². The molecule has 1 fully saturated rings. The van der Waals surface area contributed by atoms with Crippen molar-refractivity contribution in [2.75, 3.05) is 27.9 Å². The molecule has 2 amide bonds. The molecule has 1 saturated carbocycles. The second kappa shape index (κ2) is 12.8. The molecular formula is C28H40N4O6. The van der Waals surface area contributed by atoms with Crippen molar-refractivity contribution in [3.63, 3.8) is 0 Å². The quantitative estimate of drug-likeness (QED) is 0.404. The third-order valence-electron chi connectivity index (χ3n) is 7.26. The number of nitrogens with one attached hydrogen (secondary N) is 2. The third kappa shape index (κ3) is 6.65. The van der Waals surface area contributed by atoms with Crippen LogP contribution in [-0.2, 0) is 14.3 Å². The summed E-state index contributed by atoms with van der Waals surface area (Å²) < 4.78 is 17.8. The number of rotatable bonds is 12. The molecule has 0 saturated heterocycles. The topological polar surface area (TPSA) is 121 Å². The van der Waals surface area contributed by atoms with Crippen LogP contribution in [-0.4, -0.2) is 61.5 Å². The van der Waals surface area contributed by atoms with Gasteiger partial charge >= 0.3 is 5.97 Å². The van der Waals surface area contributed by atoms with Crippen LogP contribution in [0.1, 0.15) is 63.5 Å². The molecule has 38 heavy (non-hydrogen) atoms. The molecule has 3 rings (SSSR count). The lowest BCUT2D eigenvalue weighted by atomic mass is 9.71. The zero-order valence-corrected chi connectivity index (χ0v) is 23.4. The summed E-state index contributed by atoms with van der Waals surface area (Å²) in [4.78, 5) is 37.3. The average molecular weight is 529 g/mol. The van der Waals surface area contributed by atoms with E-state index >= 15 is 0 Å². The zero-order valence-electron chi connectivity index (χ0n) is 23.4. The van der Waals surface area contributed by atoms with Crippen molar-refractivity contribution in [2.24, 2.45) is 17.8 Å². The number of hydrogen-bond acceptors (Lipinski definition) is 7. The number of esters is 1. The van der Waals surface area contributed by atoms with Crippen LogP contribution in [0.15, 0.2) is 24.3 Å². The first kappa shape index (κ1) is 29.0. The van der Waals surface area contributed by atoms with E-state index in [1.54, 1.807) is 20.3 Å². The fourth-order valence-electron chi connectivity index (χ4n) is 4.93. The molecule has 1 aromatic carbocycles. The van der Waals surface area contributed by atoms with E-state index in [-0.39, 0.29) is 42.4 Å². The maximum Gasteiger partial charge on any atom is 0.325 e. The van der Waals surface area contributed by atoms with Crippen molar-refractivity contribution >= 4 is 17.8 Å². The second-order valence-corrected chi connectivity index (χ2v) is 10.4. The van der Waals surface area contributed by atoms with Gasteiger partial charge in [-0.25, -0.2) is 0 Å². The molecule has 3 unspecified atom stereocenters. The molecule has 1 aliphatic rings. The number of hydrogen-bond donors (Lipinski definition) is 2. The van der Waals surface area contributed by atoms with Crippen LogP contribution < -0.4 is 20.1 Å². The van der Waals surface area contributed by atoms with E-state index in [4.69, 9.17) is 14.6 Å². The third-order valence-corrected chi connectivity index (χ3v) is 7.26. The van der Waals surface area contributed by atoms with Crippen LogP contribution in [0.2, 0.25) is 0 Å². The van der Waals surface area contributed by atoms with E-state index in [0.717, 1.165) is 17.7 Å². The van der Waals surface area contributed by atoms with E-state index in [1.807, 2.05) is 36.7 Å². The number of nitrogens with zero attached hydrogens (tertiary/aromatic N) is 2. The van der Waals surface area contributed by atoms with E-state index in [0.29, 0.717) is 29.8 Å². The first-order chi connectivity index (χ1) is 18.1. The smallest absolute Gasteiger partial charge is 0.325 e. The van der Waals surface area contributed by atoms with Crippen molar-refractivity contribution < 1.29 is 28.6 Å². The Labute approximate surface area is 224 Å². The van der Waals surface area contributed by atoms with Gasteiger partial charge < -0.3 is 24.8 Å². The average Bonchev–Trinajstić information content (AvgIpc) is 3.33. The normalized spacial score (nSPS) is 19.3. The van der Waals surface area contributed by atoms with Gasteiger partial charge in [0.15, 0.2) is 5.69 Å². The van der Waals surface area contributed by atoms with Gasteiger partial charge in [0, 0.05) is 12.5 Å².